The van der Waals surface area contributed by atoms with Crippen LogP contribution >= 0.6 is 0 Å². The first-order chi connectivity index (χ1) is 10.6. The van der Waals surface area contributed by atoms with Crippen molar-refractivity contribution in [3.05, 3.63) is 27.2 Å². The average Bonchev–Trinajstić information content (AvgIpc) is 2.98. The first-order valence-corrected chi connectivity index (χ1v) is 8.01. The minimum atomic E-state index is -0.283. The number of imidazole rings is 1. The molecule has 2 aromatic heterocycles. The van der Waals surface area contributed by atoms with Gasteiger partial charge in [-0.1, -0.05) is 6.42 Å². The normalized spacial score (nSPS) is 18.9. The van der Waals surface area contributed by atoms with Crippen LogP contribution in [-0.2, 0) is 20.1 Å². The van der Waals surface area contributed by atoms with E-state index in [-0.39, 0.29) is 11.2 Å². The minimum Gasteiger partial charge on any atom is -0.325 e. The Bertz CT molecular complexity index is 780. The van der Waals surface area contributed by atoms with Crippen molar-refractivity contribution in [2.45, 2.75) is 51.7 Å². The molecule has 0 aliphatic carbocycles. The summed E-state index contributed by atoms with van der Waals surface area (Å²) in [4.78, 5) is 29.3. The van der Waals surface area contributed by atoms with Gasteiger partial charge in [0.25, 0.3) is 5.56 Å². The fraction of sp³-hybridized carbons (Fsp3) is 0.667. The lowest BCUT2D eigenvalue weighted by molar-refractivity contribution is 0.361. The number of nitrogens with zero attached hydrogens (tertiary/aromatic N) is 4. The molecule has 0 aromatic carbocycles. The second-order valence-corrected chi connectivity index (χ2v) is 5.94. The molecule has 0 bridgehead atoms. The van der Waals surface area contributed by atoms with E-state index in [1.807, 2.05) is 6.92 Å². The summed E-state index contributed by atoms with van der Waals surface area (Å²) < 4.78 is 4.62. The Balaban J connectivity index is 1.98. The number of nitrogens with one attached hydrogen (secondary N) is 1. The second-order valence-electron chi connectivity index (χ2n) is 5.94. The molecule has 120 valence electrons. The number of fused-ring (bicyclic) bond motifs is 1. The monoisotopic (exact) mass is 305 g/mol. The SMILES string of the molecule is CCn1cnc2c1c(=O)n(CCC1CCCCN1)c(=O)n2C. The number of hydrogen-bond acceptors (Lipinski definition) is 4. The van der Waals surface area contributed by atoms with Crippen LogP contribution in [0.2, 0.25) is 0 Å². The summed E-state index contributed by atoms with van der Waals surface area (Å²) in [5, 5.41) is 3.46. The van der Waals surface area contributed by atoms with Gasteiger partial charge in [-0.2, -0.15) is 0 Å². The molecular weight excluding hydrogens is 282 g/mol. The lowest BCUT2D eigenvalue weighted by Crippen LogP contribution is -2.42. The average molecular weight is 305 g/mol. The van der Waals surface area contributed by atoms with Gasteiger partial charge in [0.2, 0.25) is 0 Å². The van der Waals surface area contributed by atoms with Gasteiger partial charge in [0.15, 0.2) is 11.2 Å². The molecule has 1 atom stereocenters. The predicted molar refractivity (Wildman–Crippen MR) is 85.2 cm³/mol. The van der Waals surface area contributed by atoms with E-state index in [0.717, 1.165) is 19.4 Å². The molecule has 22 heavy (non-hydrogen) atoms. The molecule has 0 spiro atoms. The van der Waals surface area contributed by atoms with E-state index >= 15 is 0 Å². The van der Waals surface area contributed by atoms with Crippen molar-refractivity contribution in [1.29, 1.82) is 0 Å². The van der Waals surface area contributed by atoms with E-state index < -0.39 is 0 Å². The topological polar surface area (TPSA) is 73.8 Å². The quantitative estimate of drug-likeness (QED) is 0.890. The van der Waals surface area contributed by atoms with Crippen molar-refractivity contribution in [3.8, 4) is 0 Å². The van der Waals surface area contributed by atoms with Gasteiger partial charge in [0.05, 0.1) is 6.33 Å². The fourth-order valence-corrected chi connectivity index (χ4v) is 3.21. The van der Waals surface area contributed by atoms with Crippen molar-refractivity contribution in [2.24, 2.45) is 7.05 Å². The van der Waals surface area contributed by atoms with Crippen LogP contribution in [0, 0.1) is 0 Å². The molecule has 3 heterocycles. The zero-order valence-corrected chi connectivity index (χ0v) is 13.2. The van der Waals surface area contributed by atoms with E-state index in [9.17, 15) is 9.59 Å². The molecule has 7 nitrogen and oxygen atoms in total. The fourth-order valence-electron chi connectivity index (χ4n) is 3.21. The summed E-state index contributed by atoms with van der Waals surface area (Å²) in [7, 11) is 1.67. The Hall–Kier alpha value is -1.89. The summed E-state index contributed by atoms with van der Waals surface area (Å²) in [6.07, 6.45) is 5.97. The number of aromatic nitrogens is 4. The first-order valence-electron chi connectivity index (χ1n) is 8.01. The molecular formula is C15H23N5O2. The molecule has 1 saturated heterocycles. The lowest BCUT2D eigenvalue weighted by Gasteiger charge is -2.23. The summed E-state index contributed by atoms with van der Waals surface area (Å²) in [5.41, 5.74) is 0.466. The second kappa shape index (κ2) is 6.08. The predicted octanol–water partition coefficient (Wildman–Crippen LogP) is 0.449. The molecule has 0 amide bonds. The van der Waals surface area contributed by atoms with Crippen LogP contribution in [0.15, 0.2) is 15.9 Å². The number of rotatable bonds is 4. The van der Waals surface area contributed by atoms with Gasteiger partial charge < -0.3 is 9.88 Å². The molecule has 7 heteroatoms. The summed E-state index contributed by atoms with van der Waals surface area (Å²) in [6, 6.07) is 0.400. The third-order valence-electron chi connectivity index (χ3n) is 4.56. The molecule has 0 saturated carbocycles. The maximum absolute atomic E-state index is 12.7. The zero-order chi connectivity index (χ0) is 15.7. The van der Waals surface area contributed by atoms with Gasteiger partial charge >= 0.3 is 5.69 Å². The zero-order valence-electron chi connectivity index (χ0n) is 13.2. The van der Waals surface area contributed by atoms with Crippen LogP contribution in [0.25, 0.3) is 11.2 Å². The number of piperidine rings is 1. The third kappa shape index (κ3) is 2.49. The molecule has 0 radical (unpaired) electrons. The Morgan fingerprint density at radius 2 is 2.18 bits per heavy atom. The van der Waals surface area contributed by atoms with Gasteiger partial charge in [-0.15, -0.1) is 0 Å². The van der Waals surface area contributed by atoms with Crippen LogP contribution in [-0.4, -0.2) is 31.3 Å². The van der Waals surface area contributed by atoms with Gasteiger partial charge in [-0.3, -0.25) is 13.9 Å². The molecule has 1 fully saturated rings. The maximum atomic E-state index is 12.7. The summed E-state index contributed by atoms with van der Waals surface area (Å²) in [6.45, 7) is 4.10. The van der Waals surface area contributed by atoms with Crippen LogP contribution in [0.4, 0.5) is 0 Å². The van der Waals surface area contributed by atoms with E-state index in [1.54, 1.807) is 17.9 Å². The van der Waals surface area contributed by atoms with Crippen molar-refractivity contribution >= 4 is 11.2 Å². The minimum absolute atomic E-state index is 0.228. The Labute approximate surface area is 128 Å². The lowest BCUT2D eigenvalue weighted by atomic mass is 10.0. The Kier molecular flexibility index (Phi) is 4.15. The standard InChI is InChI=1S/C15H23N5O2/c1-3-19-10-17-13-12(19)14(21)20(15(22)18(13)2)9-7-11-6-4-5-8-16-11/h10-11,16H,3-9H2,1-2H3. The van der Waals surface area contributed by atoms with Crippen LogP contribution in [0.5, 0.6) is 0 Å². The molecule has 1 unspecified atom stereocenters. The largest absolute Gasteiger partial charge is 0.332 e. The van der Waals surface area contributed by atoms with Crippen molar-refractivity contribution < 1.29 is 0 Å². The highest BCUT2D eigenvalue weighted by Gasteiger charge is 2.17. The van der Waals surface area contributed by atoms with E-state index in [4.69, 9.17) is 0 Å². The van der Waals surface area contributed by atoms with Crippen molar-refractivity contribution in [1.82, 2.24) is 24.0 Å². The highest BCUT2D eigenvalue weighted by molar-refractivity contribution is 5.69. The Morgan fingerprint density at radius 3 is 2.86 bits per heavy atom. The molecule has 3 rings (SSSR count). The van der Waals surface area contributed by atoms with E-state index in [1.165, 1.54) is 22.0 Å². The highest BCUT2D eigenvalue weighted by Crippen LogP contribution is 2.11. The molecule has 2 aromatic rings. The smallest absolute Gasteiger partial charge is 0.325 e. The molecule has 1 aliphatic heterocycles. The first kappa shape index (κ1) is 15.0. The molecule has 1 N–H and O–H groups in total. The van der Waals surface area contributed by atoms with Crippen LogP contribution in [0.1, 0.15) is 32.6 Å². The summed E-state index contributed by atoms with van der Waals surface area (Å²) >= 11 is 0. The number of hydrogen-bond donors (Lipinski definition) is 1. The van der Waals surface area contributed by atoms with E-state index in [2.05, 4.69) is 10.3 Å². The summed E-state index contributed by atoms with van der Waals surface area (Å²) in [5.74, 6) is 0. The van der Waals surface area contributed by atoms with Crippen molar-refractivity contribution in [3.63, 3.8) is 0 Å². The van der Waals surface area contributed by atoms with Crippen LogP contribution in [0.3, 0.4) is 0 Å². The van der Waals surface area contributed by atoms with Gasteiger partial charge in [0.1, 0.15) is 0 Å². The van der Waals surface area contributed by atoms with Gasteiger partial charge in [-0.05, 0) is 32.7 Å². The van der Waals surface area contributed by atoms with Crippen molar-refractivity contribution in [2.75, 3.05) is 6.54 Å². The maximum Gasteiger partial charge on any atom is 0.332 e. The van der Waals surface area contributed by atoms with E-state index in [0.29, 0.717) is 30.3 Å². The van der Waals surface area contributed by atoms with Gasteiger partial charge in [0, 0.05) is 26.2 Å². The van der Waals surface area contributed by atoms with Gasteiger partial charge in [-0.25, -0.2) is 9.78 Å². The Morgan fingerprint density at radius 1 is 1.36 bits per heavy atom. The van der Waals surface area contributed by atoms with Crippen LogP contribution < -0.4 is 16.6 Å². The highest BCUT2D eigenvalue weighted by atomic mass is 16.2. The molecule has 1 aliphatic rings. The number of aryl methyl sites for hydroxylation is 2. The third-order valence-corrected chi connectivity index (χ3v) is 4.56.